The van der Waals surface area contributed by atoms with E-state index >= 15 is 0 Å². The van der Waals surface area contributed by atoms with Crippen LogP contribution >= 0.6 is 0 Å². The molecule has 2 nitrogen and oxygen atoms in total. The van der Waals surface area contributed by atoms with Crippen LogP contribution in [0, 0.1) is 11.7 Å². The summed E-state index contributed by atoms with van der Waals surface area (Å²) in [5.41, 5.74) is 0.708. The van der Waals surface area contributed by atoms with Crippen LogP contribution in [0.4, 0.5) is 4.39 Å². The maximum Gasteiger partial charge on any atom is 0.127 e. The molecule has 0 saturated carbocycles. The number of nitrogens with one attached hydrogen (secondary N) is 1. The van der Waals surface area contributed by atoms with Crippen molar-refractivity contribution in [2.24, 2.45) is 5.92 Å². The zero-order valence-electron chi connectivity index (χ0n) is 11.6. The summed E-state index contributed by atoms with van der Waals surface area (Å²) in [4.78, 5) is 0. The van der Waals surface area contributed by atoms with Gasteiger partial charge in [0.2, 0.25) is 0 Å². The maximum absolute atomic E-state index is 13.5. The van der Waals surface area contributed by atoms with Crippen molar-refractivity contribution in [2.75, 3.05) is 19.8 Å². The number of halogens is 1. The Labute approximate surface area is 110 Å². The van der Waals surface area contributed by atoms with Crippen LogP contribution in [0.3, 0.4) is 0 Å². The molecule has 0 bridgehead atoms. The fourth-order valence-corrected chi connectivity index (χ4v) is 1.70. The van der Waals surface area contributed by atoms with E-state index in [1.807, 2.05) is 19.1 Å². The lowest BCUT2D eigenvalue weighted by Gasteiger charge is -2.15. The van der Waals surface area contributed by atoms with Gasteiger partial charge in [-0.25, -0.2) is 4.39 Å². The highest BCUT2D eigenvalue weighted by molar-refractivity contribution is 5.20. The summed E-state index contributed by atoms with van der Waals surface area (Å²) in [5, 5.41) is 3.26. The minimum absolute atomic E-state index is 0.0138. The summed E-state index contributed by atoms with van der Waals surface area (Å²) in [5.74, 6) is 0.522. The summed E-state index contributed by atoms with van der Waals surface area (Å²) in [6, 6.07) is 6.88. The standard InChI is InChI=1S/C15H24FNO/c1-12(2)8-10-18-11-9-17-13(3)14-6-4-5-7-15(14)16/h4-7,12-13,17H,8-11H2,1-3H3/t13-/m1/s1. The number of rotatable bonds is 8. The van der Waals surface area contributed by atoms with E-state index in [0.29, 0.717) is 18.1 Å². The van der Waals surface area contributed by atoms with E-state index in [-0.39, 0.29) is 11.9 Å². The van der Waals surface area contributed by atoms with E-state index in [1.165, 1.54) is 6.07 Å². The van der Waals surface area contributed by atoms with Crippen molar-refractivity contribution in [2.45, 2.75) is 33.2 Å². The van der Waals surface area contributed by atoms with Crippen molar-refractivity contribution < 1.29 is 9.13 Å². The molecule has 1 atom stereocenters. The van der Waals surface area contributed by atoms with Crippen LogP contribution in [-0.4, -0.2) is 19.8 Å². The Morgan fingerprint density at radius 3 is 2.56 bits per heavy atom. The Bertz CT molecular complexity index is 341. The van der Waals surface area contributed by atoms with Gasteiger partial charge in [0.25, 0.3) is 0 Å². The molecule has 1 rings (SSSR count). The van der Waals surface area contributed by atoms with Gasteiger partial charge in [-0.15, -0.1) is 0 Å². The summed E-state index contributed by atoms with van der Waals surface area (Å²) < 4.78 is 19.0. The first-order valence-corrected chi connectivity index (χ1v) is 6.66. The van der Waals surface area contributed by atoms with Gasteiger partial charge < -0.3 is 10.1 Å². The molecule has 3 heteroatoms. The van der Waals surface area contributed by atoms with Gasteiger partial charge in [-0.3, -0.25) is 0 Å². The molecule has 0 unspecified atom stereocenters. The second kappa shape index (κ2) is 8.22. The number of hydrogen-bond acceptors (Lipinski definition) is 2. The van der Waals surface area contributed by atoms with Crippen LogP contribution in [0.15, 0.2) is 24.3 Å². The first kappa shape index (κ1) is 15.1. The fraction of sp³-hybridized carbons (Fsp3) is 0.600. The summed E-state index contributed by atoms with van der Waals surface area (Å²) in [6.45, 7) is 8.54. The normalized spacial score (nSPS) is 12.9. The lowest BCUT2D eigenvalue weighted by molar-refractivity contribution is 0.123. The minimum Gasteiger partial charge on any atom is -0.380 e. The number of hydrogen-bond donors (Lipinski definition) is 1. The van der Waals surface area contributed by atoms with Gasteiger partial charge >= 0.3 is 0 Å². The molecule has 1 aromatic carbocycles. The molecule has 0 radical (unpaired) electrons. The van der Waals surface area contributed by atoms with E-state index in [0.717, 1.165) is 19.6 Å². The van der Waals surface area contributed by atoms with Gasteiger partial charge in [0.15, 0.2) is 0 Å². The molecule has 0 fully saturated rings. The molecule has 0 amide bonds. The highest BCUT2D eigenvalue weighted by Gasteiger charge is 2.08. The SMILES string of the molecule is CC(C)CCOCCN[C@H](C)c1ccccc1F. The first-order valence-electron chi connectivity index (χ1n) is 6.66. The average molecular weight is 253 g/mol. The molecule has 1 aromatic rings. The zero-order chi connectivity index (χ0) is 13.4. The minimum atomic E-state index is -0.154. The smallest absolute Gasteiger partial charge is 0.127 e. The van der Waals surface area contributed by atoms with Crippen molar-refractivity contribution in [3.8, 4) is 0 Å². The first-order chi connectivity index (χ1) is 8.61. The predicted molar refractivity (Wildman–Crippen MR) is 73.1 cm³/mol. The molecule has 0 aromatic heterocycles. The Kier molecular flexibility index (Phi) is 6.91. The summed E-state index contributed by atoms with van der Waals surface area (Å²) in [6.07, 6.45) is 1.09. The van der Waals surface area contributed by atoms with Gasteiger partial charge in [0, 0.05) is 24.8 Å². The molecule has 0 heterocycles. The lowest BCUT2D eigenvalue weighted by atomic mass is 10.1. The number of ether oxygens (including phenoxy) is 1. The largest absolute Gasteiger partial charge is 0.380 e. The van der Waals surface area contributed by atoms with Crippen molar-refractivity contribution in [1.29, 1.82) is 0 Å². The predicted octanol–water partition coefficient (Wildman–Crippen LogP) is 3.54. The van der Waals surface area contributed by atoms with Crippen LogP contribution in [0.2, 0.25) is 0 Å². The Morgan fingerprint density at radius 1 is 1.17 bits per heavy atom. The highest BCUT2D eigenvalue weighted by Crippen LogP contribution is 2.15. The average Bonchev–Trinajstić information content (AvgIpc) is 2.33. The van der Waals surface area contributed by atoms with E-state index in [4.69, 9.17) is 4.74 Å². The quantitative estimate of drug-likeness (QED) is 0.715. The van der Waals surface area contributed by atoms with Crippen molar-refractivity contribution in [1.82, 2.24) is 5.32 Å². The Balaban J connectivity index is 2.18. The van der Waals surface area contributed by atoms with E-state index in [9.17, 15) is 4.39 Å². The molecule has 18 heavy (non-hydrogen) atoms. The summed E-state index contributed by atoms with van der Waals surface area (Å²) >= 11 is 0. The van der Waals surface area contributed by atoms with Crippen molar-refractivity contribution >= 4 is 0 Å². The van der Waals surface area contributed by atoms with Crippen LogP contribution in [0.1, 0.15) is 38.8 Å². The van der Waals surface area contributed by atoms with Crippen molar-refractivity contribution in [3.63, 3.8) is 0 Å². The third kappa shape index (κ3) is 5.61. The van der Waals surface area contributed by atoms with Crippen LogP contribution in [-0.2, 0) is 4.74 Å². The maximum atomic E-state index is 13.5. The van der Waals surface area contributed by atoms with Crippen LogP contribution < -0.4 is 5.32 Å². The molecule has 0 aliphatic carbocycles. The van der Waals surface area contributed by atoms with Gasteiger partial charge in [-0.2, -0.15) is 0 Å². The summed E-state index contributed by atoms with van der Waals surface area (Å²) in [7, 11) is 0. The van der Waals surface area contributed by atoms with Crippen molar-refractivity contribution in [3.05, 3.63) is 35.6 Å². The highest BCUT2D eigenvalue weighted by atomic mass is 19.1. The zero-order valence-corrected chi connectivity index (χ0v) is 11.6. The van der Waals surface area contributed by atoms with Crippen LogP contribution in [0.5, 0.6) is 0 Å². The fourth-order valence-electron chi connectivity index (χ4n) is 1.70. The molecule has 0 aliphatic heterocycles. The van der Waals surface area contributed by atoms with E-state index in [1.54, 1.807) is 6.07 Å². The van der Waals surface area contributed by atoms with Crippen LogP contribution in [0.25, 0.3) is 0 Å². The Hall–Kier alpha value is -0.930. The lowest BCUT2D eigenvalue weighted by Crippen LogP contribution is -2.24. The Morgan fingerprint density at radius 2 is 1.89 bits per heavy atom. The topological polar surface area (TPSA) is 21.3 Å². The van der Waals surface area contributed by atoms with Gasteiger partial charge in [0.05, 0.1) is 6.61 Å². The third-order valence-corrected chi connectivity index (χ3v) is 2.91. The van der Waals surface area contributed by atoms with Gasteiger partial charge in [0.1, 0.15) is 5.82 Å². The molecular formula is C15H24FNO. The third-order valence-electron chi connectivity index (χ3n) is 2.91. The monoisotopic (exact) mass is 253 g/mol. The second-order valence-corrected chi connectivity index (χ2v) is 4.99. The molecule has 102 valence electrons. The van der Waals surface area contributed by atoms with E-state index in [2.05, 4.69) is 19.2 Å². The van der Waals surface area contributed by atoms with Gasteiger partial charge in [-0.05, 0) is 25.3 Å². The molecule has 0 saturated heterocycles. The molecule has 1 N–H and O–H groups in total. The van der Waals surface area contributed by atoms with Gasteiger partial charge in [-0.1, -0.05) is 32.0 Å². The van der Waals surface area contributed by atoms with E-state index < -0.39 is 0 Å². The molecular weight excluding hydrogens is 229 g/mol. The second-order valence-electron chi connectivity index (χ2n) is 4.99. The number of benzene rings is 1. The molecule has 0 spiro atoms. The molecule has 0 aliphatic rings.